The van der Waals surface area contributed by atoms with Crippen molar-refractivity contribution in [2.45, 2.75) is 12.0 Å². The first-order valence-corrected chi connectivity index (χ1v) is 5.93. The summed E-state index contributed by atoms with van der Waals surface area (Å²) in [4.78, 5) is 32.8. The number of nitro groups is 1. The van der Waals surface area contributed by atoms with Gasteiger partial charge in [0, 0.05) is 24.7 Å². The molecule has 1 atom stereocenters. The van der Waals surface area contributed by atoms with Crippen molar-refractivity contribution >= 4 is 17.6 Å². The van der Waals surface area contributed by atoms with Crippen molar-refractivity contribution in [3.8, 4) is 0 Å². The molecule has 2 N–H and O–H groups in total. The minimum absolute atomic E-state index is 0.0868. The molecule has 0 spiro atoms. The predicted molar refractivity (Wildman–Crippen MR) is 66.3 cm³/mol. The largest absolute Gasteiger partial charge is 0.479 e. The summed E-state index contributed by atoms with van der Waals surface area (Å²) in [6, 6.07) is 2.60. The summed E-state index contributed by atoms with van der Waals surface area (Å²) >= 11 is 0. The van der Waals surface area contributed by atoms with Crippen LogP contribution in [-0.2, 0) is 9.53 Å². The van der Waals surface area contributed by atoms with Crippen LogP contribution in [0.4, 0.5) is 10.1 Å². The van der Waals surface area contributed by atoms with E-state index < -0.39 is 33.8 Å². The maximum atomic E-state index is 13.5. The van der Waals surface area contributed by atoms with Gasteiger partial charge in [-0.1, -0.05) is 0 Å². The van der Waals surface area contributed by atoms with E-state index in [4.69, 9.17) is 4.74 Å². The van der Waals surface area contributed by atoms with Gasteiger partial charge in [-0.15, -0.1) is 0 Å². The van der Waals surface area contributed by atoms with E-state index in [1.54, 1.807) is 0 Å². The highest BCUT2D eigenvalue weighted by molar-refractivity contribution is 5.98. The smallest absolute Gasteiger partial charge is 0.331 e. The summed E-state index contributed by atoms with van der Waals surface area (Å²) in [6.07, 6.45) is 0.0868. The maximum Gasteiger partial charge on any atom is 0.331 e. The zero-order chi connectivity index (χ0) is 15.6. The van der Waals surface area contributed by atoms with Crippen molar-refractivity contribution in [3.63, 3.8) is 0 Å². The molecule has 9 heteroatoms. The average molecular weight is 298 g/mol. The molecular weight excluding hydrogens is 287 g/mol. The minimum Gasteiger partial charge on any atom is -0.479 e. The van der Waals surface area contributed by atoms with Gasteiger partial charge in [0.25, 0.3) is 5.91 Å². The Morgan fingerprint density at radius 3 is 2.67 bits per heavy atom. The predicted octanol–water partition coefficient (Wildman–Crippen LogP) is 0.707. The molecule has 1 aliphatic heterocycles. The first-order chi connectivity index (χ1) is 9.85. The van der Waals surface area contributed by atoms with Crippen LogP contribution in [0.5, 0.6) is 0 Å². The number of carbonyl (C=O) groups excluding carboxylic acids is 1. The van der Waals surface area contributed by atoms with Gasteiger partial charge in [-0.25, -0.2) is 4.79 Å². The van der Waals surface area contributed by atoms with Crippen molar-refractivity contribution in [2.24, 2.45) is 0 Å². The first-order valence-electron chi connectivity index (χ1n) is 5.93. The van der Waals surface area contributed by atoms with E-state index in [9.17, 15) is 29.2 Å². The van der Waals surface area contributed by atoms with Crippen LogP contribution in [0.3, 0.4) is 0 Å². The van der Waals surface area contributed by atoms with E-state index in [0.717, 1.165) is 12.1 Å². The normalized spacial score (nSPS) is 21.0. The molecule has 21 heavy (non-hydrogen) atoms. The van der Waals surface area contributed by atoms with Crippen LogP contribution in [0.25, 0.3) is 0 Å². The number of aliphatic carboxylic acids is 1. The third kappa shape index (κ3) is 2.82. The number of amides is 1. The highest BCUT2D eigenvalue weighted by Gasteiger charge is 2.44. The summed E-state index contributed by atoms with van der Waals surface area (Å²) in [5.41, 5.74) is -2.52. The van der Waals surface area contributed by atoms with Crippen LogP contribution in [0.15, 0.2) is 18.2 Å². The van der Waals surface area contributed by atoms with Crippen LogP contribution >= 0.6 is 0 Å². The lowest BCUT2D eigenvalue weighted by Crippen LogP contribution is -2.55. The number of hydrogen-bond donors (Lipinski definition) is 2. The lowest BCUT2D eigenvalue weighted by atomic mass is 9.98. The van der Waals surface area contributed by atoms with Crippen LogP contribution < -0.4 is 5.32 Å². The lowest BCUT2D eigenvalue weighted by Gasteiger charge is -2.23. The molecule has 1 amide bonds. The molecule has 0 radical (unpaired) electrons. The number of hydrogen-bond acceptors (Lipinski definition) is 5. The summed E-state index contributed by atoms with van der Waals surface area (Å²) in [6.45, 7) is -0.00919. The molecule has 8 nitrogen and oxygen atoms in total. The fourth-order valence-electron chi connectivity index (χ4n) is 1.97. The molecule has 1 saturated heterocycles. The molecule has 2 rings (SSSR count). The second-order valence-electron chi connectivity index (χ2n) is 4.57. The van der Waals surface area contributed by atoms with E-state index in [0.29, 0.717) is 6.07 Å². The van der Waals surface area contributed by atoms with Crippen molar-refractivity contribution < 1.29 is 28.7 Å². The average Bonchev–Trinajstić information content (AvgIpc) is 2.88. The van der Waals surface area contributed by atoms with Crippen LogP contribution in [0.2, 0.25) is 0 Å². The zero-order valence-corrected chi connectivity index (χ0v) is 10.7. The van der Waals surface area contributed by atoms with Crippen LogP contribution in [-0.4, -0.2) is 40.7 Å². The van der Waals surface area contributed by atoms with Gasteiger partial charge in [-0.3, -0.25) is 14.9 Å². The number of nitrogens with zero attached hydrogens (tertiary/aromatic N) is 1. The summed E-state index contributed by atoms with van der Waals surface area (Å²) < 4.78 is 18.4. The molecule has 1 fully saturated rings. The fraction of sp³-hybridized carbons (Fsp3) is 0.333. The summed E-state index contributed by atoms with van der Waals surface area (Å²) in [5, 5.41) is 21.9. The number of carbonyl (C=O) groups is 2. The zero-order valence-electron chi connectivity index (χ0n) is 10.7. The van der Waals surface area contributed by atoms with E-state index in [1.165, 1.54) is 0 Å². The first kappa shape index (κ1) is 14.9. The molecule has 0 bridgehead atoms. The van der Waals surface area contributed by atoms with Crippen LogP contribution in [0, 0.1) is 15.9 Å². The Hall–Kier alpha value is -2.55. The van der Waals surface area contributed by atoms with Crippen molar-refractivity contribution in [1.29, 1.82) is 0 Å². The number of rotatable bonds is 4. The van der Waals surface area contributed by atoms with Gasteiger partial charge < -0.3 is 15.2 Å². The molecule has 0 aromatic heterocycles. The Bertz CT molecular complexity index is 612. The number of halogens is 1. The van der Waals surface area contributed by atoms with Gasteiger partial charge in [-0.2, -0.15) is 4.39 Å². The second kappa shape index (κ2) is 5.44. The van der Waals surface area contributed by atoms with E-state index in [1.807, 2.05) is 0 Å². The van der Waals surface area contributed by atoms with Crippen molar-refractivity contribution in [1.82, 2.24) is 5.32 Å². The Labute approximate surface area is 117 Å². The monoisotopic (exact) mass is 298 g/mol. The Morgan fingerprint density at radius 2 is 2.19 bits per heavy atom. The molecule has 112 valence electrons. The number of ether oxygens (including phenoxy) is 1. The highest BCUT2D eigenvalue weighted by atomic mass is 19.1. The molecule has 1 unspecified atom stereocenters. The van der Waals surface area contributed by atoms with Gasteiger partial charge in [0.2, 0.25) is 5.82 Å². The molecule has 0 aliphatic carbocycles. The molecule has 1 aromatic carbocycles. The fourth-order valence-corrected chi connectivity index (χ4v) is 1.97. The van der Waals surface area contributed by atoms with Gasteiger partial charge in [-0.05, 0) is 12.1 Å². The number of benzene rings is 1. The standard InChI is InChI=1S/C12H11FN2O6/c13-8-5-7(1-2-9(8)15(19)20)10(16)14-12(11(17)18)3-4-21-6-12/h1-2,5H,3-4,6H2,(H,14,16)(H,17,18). The van der Waals surface area contributed by atoms with Gasteiger partial charge in [0.15, 0.2) is 5.54 Å². The molecular formula is C12H11FN2O6. The number of carboxylic acids is 1. The third-order valence-corrected chi connectivity index (χ3v) is 3.19. The van der Waals surface area contributed by atoms with Crippen LogP contribution in [0.1, 0.15) is 16.8 Å². The second-order valence-corrected chi connectivity index (χ2v) is 4.57. The van der Waals surface area contributed by atoms with Crippen molar-refractivity contribution in [2.75, 3.05) is 13.2 Å². The Balaban J connectivity index is 2.22. The van der Waals surface area contributed by atoms with E-state index in [2.05, 4.69) is 5.32 Å². The topological polar surface area (TPSA) is 119 Å². The number of nitrogens with one attached hydrogen (secondary N) is 1. The Kier molecular flexibility index (Phi) is 3.85. The SMILES string of the molecule is O=C(NC1(C(=O)O)CCOC1)c1ccc([N+](=O)[O-])c(F)c1. The summed E-state index contributed by atoms with van der Waals surface area (Å²) in [5.74, 6) is -3.26. The van der Waals surface area contributed by atoms with E-state index >= 15 is 0 Å². The molecule has 1 aliphatic rings. The molecule has 1 aromatic rings. The summed E-state index contributed by atoms with van der Waals surface area (Å²) in [7, 11) is 0. The molecule has 0 saturated carbocycles. The van der Waals surface area contributed by atoms with Crippen molar-refractivity contribution in [3.05, 3.63) is 39.7 Å². The van der Waals surface area contributed by atoms with Gasteiger partial charge in [0.05, 0.1) is 11.5 Å². The number of carboxylic acid groups (broad SMARTS) is 1. The quantitative estimate of drug-likeness (QED) is 0.624. The Morgan fingerprint density at radius 1 is 1.48 bits per heavy atom. The lowest BCUT2D eigenvalue weighted by molar-refractivity contribution is -0.387. The van der Waals surface area contributed by atoms with Gasteiger partial charge >= 0.3 is 11.7 Å². The maximum absolute atomic E-state index is 13.5. The third-order valence-electron chi connectivity index (χ3n) is 3.19. The van der Waals surface area contributed by atoms with E-state index in [-0.39, 0.29) is 25.2 Å². The minimum atomic E-state index is -1.56. The highest BCUT2D eigenvalue weighted by Crippen LogP contribution is 2.22. The number of nitro benzene ring substituents is 1. The molecule has 1 heterocycles. The van der Waals surface area contributed by atoms with Gasteiger partial charge in [0.1, 0.15) is 0 Å².